The zero-order chi connectivity index (χ0) is 10.8. The highest BCUT2D eigenvalue weighted by Crippen LogP contribution is 2.24. The van der Waals surface area contributed by atoms with Gasteiger partial charge in [0.25, 0.3) is 0 Å². The zero-order valence-corrected chi connectivity index (χ0v) is 9.20. The maximum atomic E-state index is 9.18. The Morgan fingerprint density at radius 2 is 2.13 bits per heavy atom. The molecule has 0 aliphatic heterocycles. The van der Waals surface area contributed by atoms with Crippen LogP contribution in [0.15, 0.2) is 30.6 Å². The van der Waals surface area contributed by atoms with Crippen LogP contribution in [0.4, 0.5) is 0 Å². The monoisotopic (exact) mass is 242 g/mol. The molecule has 1 aromatic carbocycles. The fourth-order valence-corrected chi connectivity index (χ4v) is 1.78. The van der Waals surface area contributed by atoms with Crippen molar-refractivity contribution in [2.24, 2.45) is 0 Å². The van der Waals surface area contributed by atoms with E-state index in [4.69, 9.17) is 23.2 Å². The summed E-state index contributed by atoms with van der Waals surface area (Å²) < 4.78 is 1.55. The van der Waals surface area contributed by atoms with Crippen LogP contribution in [0.5, 0.6) is 0 Å². The van der Waals surface area contributed by atoms with Crippen molar-refractivity contribution in [3.05, 3.63) is 46.2 Å². The summed E-state index contributed by atoms with van der Waals surface area (Å²) in [6.07, 6.45) is 3.16. The van der Waals surface area contributed by atoms with Gasteiger partial charge in [-0.05, 0) is 6.07 Å². The summed E-state index contributed by atoms with van der Waals surface area (Å²) in [5.41, 5.74) is 1.37. The number of aliphatic hydroxyl groups is 1. The number of hydrogen-bond donors (Lipinski definition) is 1. The highest BCUT2D eigenvalue weighted by molar-refractivity contribution is 6.32. The Morgan fingerprint density at radius 3 is 2.73 bits per heavy atom. The molecule has 0 atom stereocenters. The molecule has 2 rings (SSSR count). The lowest BCUT2D eigenvalue weighted by molar-refractivity contribution is 0.281. The molecule has 0 fully saturated rings. The number of aromatic nitrogens is 2. The van der Waals surface area contributed by atoms with Gasteiger partial charge in [-0.1, -0.05) is 35.3 Å². The Labute approximate surface area is 96.9 Å². The molecule has 0 radical (unpaired) electrons. The molecule has 1 aromatic heterocycles. The predicted octanol–water partition coefficient (Wildman–Crippen LogP) is 2.67. The van der Waals surface area contributed by atoms with E-state index in [-0.39, 0.29) is 6.61 Å². The maximum absolute atomic E-state index is 9.18. The maximum Gasteiger partial charge on any atom is 0.0887 e. The Hall–Kier alpha value is -1.03. The number of para-hydroxylation sites is 1. The molecule has 0 saturated carbocycles. The van der Waals surface area contributed by atoms with E-state index in [1.165, 1.54) is 6.20 Å². The lowest BCUT2D eigenvalue weighted by atomic mass is 10.2. The molecule has 0 amide bonds. The third-order valence-corrected chi connectivity index (χ3v) is 2.52. The highest BCUT2D eigenvalue weighted by atomic mass is 35.5. The minimum Gasteiger partial charge on any atom is -0.392 e. The van der Waals surface area contributed by atoms with Gasteiger partial charge in [-0.2, -0.15) is 5.10 Å². The second-order valence-corrected chi connectivity index (χ2v) is 3.85. The van der Waals surface area contributed by atoms with Crippen molar-refractivity contribution in [2.45, 2.75) is 6.61 Å². The van der Waals surface area contributed by atoms with Gasteiger partial charge in [-0.25, -0.2) is 4.68 Å². The van der Waals surface area contributed by atoms with Gasteiger partial charge in [-0.15, -0.1) is 0 Å². The van der Waals surface area contributed by atoms with E-state index in [1.807, 2.05) is 0 Å². The molecule has 78 valence electrons. The average Bonchev–Trinajstić information content (AvgIpc) is 2.64. The van der Waals surface area contributed by atoms with Gasteiger partial charge in [0.15, 0.2) is 0 Å². The summed E-state index contributed by atoms with van der Waals surface area (Å²) in [6, 6.07) is 5.31. The Bertz CT molecular complexity index is 482. The van der Waals surface area contributed by atoms with E-state index >= 15 is 0 Å². The SMILES string of the molecule is OCc1cccc(Cl)c1-n1cc(Cl)cn1. The lowest BCUT2D eigenvalue weighted by Crippen LogP contribution is -2.00. The quantitative estimate of drug-likeness (QED) is 0.880. The molecule has 2 aromatic rings. The van der Waals surface area contributed by atoms with Crippen LogP contribution in [0.25, 0.3) is 5.69 Å². The Balaban J connectivity index is 2.60. The van der Waals surface area contributed by atoms with Crippen molar-refractivity contribution < 1.29 is 5.11 Å². The smallest absolute Gasteiger partial charge is 0.0887 e. The van der Waals surface area contributed by atoms with Crippen LogP contribution in [0.2, 0.25) is 10.0 Å². The van der Waals surface area contributed by atoms with Gasteiger partial charge in [0.05, 0.1) is 28.5 Å². The summed E-state index contributed by atoms with van der Waals surface area (Å²) in [6.45, 7) is -0.0899. The minimum absolute atomic E-state index is 0.0899. The minimum atomic E-state index is -0.0899. The fraction of sp³-hybridized carbons (Fsp3) is 0.100. The van der Waals surface area contributed by atoms with Crippen molar-refractivity contribution >= 4 is 23.2 Å². The molecule has 0 aliphatic rings. The molecule has 15 heavy (non-hydrogen) atoms. The summed E-state index contributed by atoms with van der Waals surface area (Å²) in [4.78, 5) is 0. The van der Waals surface area contributed by atoms with E-state index in [0.717, 1.165) is 0 Å². The van der Waals surface area contributed by atoms with Gasteiger partial charge in [0.2, 0.25) is 0 Å². The number of halogens is 2. The summed E-state index contributed by atoms with van der Waals surface area (Å²) >= 11 is 11.8. The van der Waals surface area contributed by atoms with E-state index in [0.29, 0.717) is 21.3 Å². The summed E-state index contributed by atoms with van der Waals surface area (Å²) in [7, 11) is 0. The fourth-order valence-electron chi connectivity index (χ4n) is 1.37. The van der Waals surface area contributed by atoms with Gasteiger partial charge in [0, 0.05) is 11.8 Å². The van der Waals surface area contributed by atoms with E-state index in [9.17, 15) is 5.11 Å². The third kappa shape index (κ3) is 2.00. The molecule has 0 aliphatic carbocycles. The summed E-state index contributed by atoms with van der Waals surface area (Å²) in [5, 5.41) is 14.3. The number of benzene rings is 1. The normalized spacial score (nSPS) is 10.6. The molecular weight excluding hydrogens is 235 g/mol. The second-order valence-electron chi connectivity index (χ2n) is 3.01. The largest absolute Gasteiger partial charge is 0.392 e. The molecule has 3 nitrogen and oxygen atoms in total. The average molecular weight is 243 g/mol. The molecular formula is C10H8Cl2N2O. The topological polar surface area (TPSA) is 38.0 Å². The third-order valence-electron chi connectivity index (χ3n) is 2.02. The molecule has 0 spiro atoms. The highest BCUT2D eigenvalue weighted by Gasteiger charge is 2.09. The summed E-state index contributed by atoms with van der Waals surface area (Å²) in [5.74, 6) is 0. The molecule has 5 heteroatoms. The Kier molecular flexibility index (Phi) is 2.95. The molecule has 0 saturated heterocycles. The van der Waals surface area contributed by atoms with Crippen LogP contribution >= 0.6 is 23.2 Å². The second kappa shape index (κ2) is 4.23. The van der Waals surface area contributed by atoms with Crippen molar-refractivity contribution in [1.82, 2.24) is 9.78 Å². The standard InChI is InChI=1S/C10H8Cl2N2O/c11-8-4-13-14(5-8)10-7(6-15)2-1-3-9(10)12/h1-5,15H,6H2. The molecule has 0 unspecified atom stereocenters. The van der Waals surface area contributed by atoms with Crippen LogP contribution < -0.4 is 0 Å². The molecule has 0 bridgehead atoms. The number of nitrogens with zero attached hydrogens (tertiary/aromatic N) is 2. The van der Waals surface area contributed by atoms with Crippen LogP contribution in [-0.2, 0) is 6.61 Å². The van der Waals surface area contributed by atoms with E-state index < -0.39 is 0 Å². The van der Waals surface area contributed by atoms with Gasteiger partial charge >= 0.3 is 0 Å². The van der Waals surface area contributed by atoms with Gasteiger partial charge in [-0.3, -0.25) is 0 Å². The number of rotatable bonds is 2. The predicted molar refractivity (Wildman–Crippen MR) is 59.5 cm³/mol. The van der Waals surface area contributed by atoms with Crippen LogP contribution in [0, 0.1) is 0 Å². The van der Waals surface area contributed by atoms with E-state index in [2.05, 4.69) is 5.10 Å². The van der Waals surface area contributed by atoms with Crippen LogP contribution in [-0.4, -0.2) is 14.9 Å². The van der Waals surface area contributed by atoms with E-state index in [1.54, 1.807) is 29.1 Å². The Morgan fingerprint density at radius 1 is 1.33 bits per heavy atom. The van der Waals surface area contributed by atoms with Gasteiger partial charge in [0.1, 0.15) is 0 Å². The first-order valence-electron chi connectivity index (χ1n) is 4.31. The van der Waals surface area contributed by atoms with Gasteiger partial charge < -0.3 is 5.11 Å². The zero-order valence-electron chi connectivity index (χ0n) is 7.69. The number of hydrogen-bond acceptors (Lipinski definition) is 2. The molecule has 1 heterocycles. The van der Waals surface area contributed by atoms with Crippen molar-refractivity contribution in [3.63, 3.8) is 0 Å². The first-order valence-corrected chi connectivity index (χ1v) is 5.07. The lowest BCUT2D eigenvalue weighted by Gasteiger charge is -2.08. The van der Waals surface area contributed by atoms with Crippen LogP contribution in [0.1, 0.15) is 5.56 Å². The first-order chi connectivity index (χ1) is 7.22. The van der Waals surface area contributed by atoms with Crippen molar-refractivity contribution in [3.8, 4) is 5.69 Å². The van der Waals surface area contributed by atoms with Crippen molar-refractivity contribution in [1.29, 1.82) is 0 Å². The van der Waals surface area contributed by atoms with Crippen molar-refractivity contribution in [2.75, 3.05) is 0 Å². The molecule has 1 N–H and O–H groups in total. The van der Waals surface area contributed by atoms with Crippen LogP contribution in [0.3, 0.4) is 0 Å². The number of aliphatic hydroxyl groups excluding tert-OH is 1. The first kappa shape index (κ1) is 10.5.